The highest BCUT2D eigenvalue weighted by molar-refractivity contribution is 7.89. The van der Waals surface area contributed by atoms with Crippen molar-refractivity contribution < 1.29 is 18.3 Å². The fourth-order valence-electron chi connectivity index (χ4n) is 1.82. The number of sulfonamides is 1. The summed E-state index contributed by atoms with van der Waals surface area (Å²) in [6, 6.07) is 3.02. The van der Waals surface area contributed by atoms with Crippen LogP contribution in [0.25, 0.3) is 0 Å². The van der Waals surface area contributed by atoms with Gasteiger partial charge in [0.2, 0.25) is 10.0 Å². The lowest BCUT2D eigenvalue weighted by Crippen LogP contribution is -2.36. The molecule has 0 saturated heterocycles. The number of nitrogen functional groups attached to an aromatic ring is 1. The molecule has 0 amide bonds. The number of benzene rings is 1. The van der Waals surface area contributed by atoms with Crippen molar-refractivity contribution in [1.29, 1.82) is 0 Å². The molecule has 7 heteroatoms. The summed E-state index contributed by atoms with van der Waals surface area (Å²) in [4.78, 5) is 0.130. The summed E-state index contributed by atoms with van der Waals surface area (Å²) in [6.07, 6.45) is -0.872. The number of aliphatic hydroxyl groups excluding tert-OH is 1. The van der Waals surface area contributed by atoms with Crippen molar-refractivity contribution in [2.45, 2.75) is 24.8 Å². The van der Waals surface area contributed by atoms with Gasteiger partial charge in [-0.3, -0.25) is 0 Å². The molecule has 0 aromatic heterocycles. The zero-order valence-corrected chi connectivity index (χ0v) is 13.1. The van der Waals surface area contributed by atoms with Crippen molar-refractivity contribution in [3.63, 3.8) is 0 Å². The van der Waals surface area contributed by atoms with Gasteiger partial charge in [-0.15, -0.1) is 0 Å². The minimum atomic E-state index is -3.68. The first-order valence-electron chi connectivity index (χ1n) is 6.20. The van der Waals surface area contributed by atoms with Gasteiger partial charge in [-0.05, 0) is 37.1 Å². The molecule has 1 atom stereocenters. The molecule has 0 bridgehead atoms. The zero-order valence-electron chi connectivity index (χ0n) is 12.3. The summed E-state index contributed by atoms with van der Waals surface area (Å²) in [5.74, 6) is 0. The summed E-state index contributed by atoms with van der Waals surface area (Å²) in [5.41, 5.74) is 7.94. The van der Waals surface area contributed by atoms with Gasteiger partial charge < -0.3 is 15.6 Å². The molecule has 6 nitrogen and oxygen atoms in total. The van der Waals surface area contributed by atoms with Gasteiger partial charge in [0, 0.05) is 26.4 Å². The predicted molar refractivity (Wildman–Crippen MR) is 78.0 cm³/mol. The Bertz CT molecular complexity index is 549. The molecule has 1 rings (SSSR count). The Balaban J connectivity index is 3.04. The number of methoxy groups -OCH3 is 1. The summed E-state index contributed by atoms with van der Waals surface area (Å²) >= 11 is 0. The Labute approximate surface area is 120 Å². The van der Waals surface area contributed by atoms with Gasteiger partial charge in [-0.2, -0.15) is 4.31 Å². The molecule has 0 heterocycles. The first-order chi connectivity index (χ1) is 9.20. The Kier molecular flexibility index (Phi) is 5.52. The van der Waals surface area contributed by atoms with Gasteiger partial charge in [0.15, 0.2) is 0 Å². The molecule has 0 aliphatic heterocycles. The van der Waals surface area contributed by atoms with Crippen LogP contribution >= 0.6 is 0 Å². The van der Waals surface area contributed by atoms with Crippen LogP contribution in [0.1, 0.15) is 11.1 Å². The van der Waals surface area contributed by atoms with Crippen molar-refractivity contribution in [2.75, 3.05) is 33.0 Å². The van der Waals surface area contributed by atoms with Gasteiger partial charge >= 0.3 is 0 Å². The molecule has 3 N–H and O–H groups in total. The van der Waals surface area contributed by atoms with Crippen LogP contribution in [0.2, 0.25) is 0 Å². The van der Waals surface area contributed by atoms with Crippen LogP contribution in [-0.2, 0) is 14.8 Å². The zero-order chi connectivity index (χ0) is 15.5. The third kappa shape index (κ3) is 3.69. The van der Waals surface area contributed by atoms with Crippen LogP contribution in [0.3, 0.4) is 0 Å². The molecule has 0 spiro atoms. The van der Waals surface area contributed by atoms with Crippen LogP contribution in [-0.4, -0.2) is 51.2 Å². The number of ether oxygens (including phenoxy) is 1. The number of anilines is 1. The van der Waals surface area contributed by atoms with Gasteiger partial charge in [-0.1, -0.05) is 0 Å². The minimum absolute atomic E-state index is 0.0387. The van der Waals surface area contributed by atoms with Gasteiger partial charge in [-0.25, -0.2) is 8.42 Å². The van der Waals surface area contributed by atoms with E-state index in [4.69, 9.17) is 10.5 Å². The Morgan fingerprint density at radius 3 is 2.50 bits per heavy atom. The smallest absolute Gasteiger partial charge is 0.242 e. The predicted octanol–water partition coefficient (Wildman–Crippen LogP) is 0.513. The molecule has 0 aliphatic rings. The van der Waals surface area contributed by atoms with E-state index in [-0.39, 0.29) is 18.0 Å². The maximum absolute atomic E-state index is 12.4. The van der Waals surface area contributed by atoms with Gasteiger partial charge in [0.1, 0.15) is 0 Å². The molecule has 0 radical (unpaired) electrons. The lowest BCUT2D eigenvalue weighted by molar-refractivity contribution is 0.0554. The molecule has 20 heavy (non-hydrogen) atoms. The SMILES string of the molecule is COCC(O)CN(C)S(=O)(=O)c1cc(C)c(C)c(N)c1. The number of aryl methyl sites for hydroxylation is 1. The minimum Gasteiger partial charge on any atom is -0.398 e. The first-order valence-corrected chi connectivity index (χ1v) is 7.64. The summed E-state index contributed by atoms with van der Waals surface area (Å²) < 4.78 is 30.7. The second-order valence-electron chi connectivity index (χ2n) is 4.85. The second-order valence-corrected chi connectivity index (χ2v) is 6.89. The number of nitrogens with zero attached hydrogens (tertiary/aromatic N) is 1. The Morgan fingerprint density at radius 2 is 2.00 bits per heavy atom. The number of hydrogen-bond acceptors (Lipinski definition) is 5. The van der Waals surface area contributed by atoms with Crippen LogP contribution in [0.4, 0.5) is 5.69 Å². The highest BCUT2D eigenvalue weighted by Crippen LogP contribution is 2.23. The lowest BCUT2D eigenvalue weighted by Gasteiger charge is -2.21. The maximum Gasteiger partial charge on any atom is 0.242 e. The Hall–Kier alpha value is -1.15. The molecule has 1 aromatic rings. The average molecular weight is 302 g/mol. The van der Waals surface area contributed by atoms with Crippen molar-refractivity contribution in [3.8, 4) is 0 Å². The van der Waals surface area contributed by atoms with Gasteiger partial charge in [0.05, 0.1) is 17.6 Å². The van der Waals surface area contributed by atoms with E-state index < -0.39 is 16.1 Å². The van der Waals surface area contributed by atoms with Crippen molar-refractivity contribution >= 4 is 15.7 Å². The van der Waals surface area contributed by atoms with E-state index in [9.17, 15) is 13.5 Å². The first kappa shape index (κ1) is 16.9. The van der Waals surface area contributed by atoms with E-state index in [0.717, 1.165) is 15.4 Å². The summed E-state index contributed by atoms with van der Waals surface area (Å²) in [7, 11) is -0.814. The second kappa shape index (κ2) is 6.53. The fraction of sp³-hybridized carbons (Fsp3) is 0.538. The molecule has 0 aliphatic carbocycles. The third-order valence-electron chi connectivity index (χ3n) is 3.22. The average Bonchev–Trinajstić information content (AvgIpc) is 2.35. The highest BCUT2D eigenvalue weighted by atomic mass is 32.2. The van der Waals surface area contributed by atoms with E-state index in [1.54, 1.807) is 6.07 Å². The number of rotatable bonds is 6. The number of aliphatic hydroxyl groups is 1. The standard InChI is InChI=1S/C13H22N2O4S/c1-9-5-12(6-13(14)10(9)2)20(17,18)15(3)7-11(16)8-19-4/h5-6,11,16H,7-8,14H2,1-4H3. The fourth-order valence-corrected chi connectivity index (χ4v) is 3.15. The van der Waals surface area contributed by atoms with E-state index in [1.165, 1.54) is 20.2 Å². The van der Waals surface area contributed by atoms with Crippen molar-refractivity contribution in [3.05, 3.63) is 23.3 Å². The molecular weight excluding hydrogens is 280 g/mol. The summed E-state index contributed by atoms with van der Waals surface area (Å²) in [5, 5.41) is 9.63. The monoisotopic (exact) mass is 302 g/mol. The molecular formula is C13H22N2O4S. The van der Waals surface area contributed by atoms with Crippen LogP contribution < -0.4 is 5.73 Å². The Morgan fingerprint density at radius 1 is 1.40 bits per heavy atom. The normalized spacial score (nSPS) is 13.7. The van der Waals surface area contributed by atoms with E-state index in [0.29, 0.717) is 5.69 Å². The number of hydrogen-bond donors (Lipinski definition) is 2. The topological polar surface area (TPSA) is 92.9 Å². The van der Waals surface area contributed by atoms with E-state index >= 15 is 0 Å². The highest BCUT2D eigenvalue weighted by Gasteiger charge is 2.24. The van der Waals surface area contributed by atoms with E-state index in [1.807, 2.05) is 13.8 Å². The quantitative estimate of drug-likeness (QED) is 0.747. The maximum atomic E-state index is 12.4. The molecule has 0 saturated carbocycles. The molecule has 114 valence electrons. The van der Waals surface area contributed by atoms with Crippen molar-refractivity contribution in [2.24, 2.45) is 0 Å². The molecule has 1 aromatic carbocycles. The van der Waals surface area contributed by atoms with Crippen molar-refractivity contribution in [1.82, 2.24) is 4.31 Å². The lowest BCUT2D eigenvalue weighted by atomic mass is 10.1. The van der Waals surface area contributed by atoms with Crippen LogP contribution in [0.5, 0.6) is 0 Å². The van der Waals surface area contributed by atoms with Crippen LogP contribution in [0, 0.1) is 13.8 Å². The van der Waals surface area contributed by atoms with Gasteiger partial charge in [0.25, 0.3) is 0 Å². The third-order valence-corrected chi connectivity index (χ3v) is 5.02. The molecule has 0 fully saturated rings. The number of likely N-dealkylation sites (N-methyl/N-ethyl adjacent to an activating group) is 1. The van der Waals surface area contributed by atoms with Crippen LogP contribution in [0.15, 0.2) is 17.0 Å². The largest absolute Gasteiger partial charge is 0.398 e. The molecule has 1 unspecified atom stereocenters. The van der Waals surface area contributed by atoms with E-state index in [2.05, 4.69) is 0 Å². The summed E-state index contributed by atoms with van der Waals surface area (Å²) in [6.45, 7) is 3.69. The number of nitrogens with two attached hydrogens (primary N) is 1.